The molecule has 104 valence electrons. The van der Waals surface area contributed by atoms with Crippen LogP contribution in [0.1, 0.15) is 42.1 Å². The van der Waals surface area contributed by atoms with E-state index in [4.69, 9.17) is 0 Å². The molecule has 0 bridgehead atoms. The topological polar surface area (TPSA) is 29.1 Å². The first-order chi connectivity index (χ1) is 8.88. The molecule has 0 aromatic heterocycles. The normalized spacial score (nSPS) is 17.1. The third-order valence-electron chi connectivity index (χ3n) is 3.24. The van der Waals surface area contributed by atoms with Crippen LogP contribution < -0.4 is 5.32 Å². The fourth-order valence-electron chi connectivity index (χ4n) is 2.14. The second-order valence-electron chi connectivity index (χ2n) is 5.10. The second kappa shape index (κ2) is 5.23. The molecule has 0 spiro atoms. The molecule has 0 saturated heterocycles. The van der Waals surface area contributed by atoms with E-state index in [1.54, 1.807) is 0 Å². The Morgan fingerprint density at radius 2 is 2.00 bits per heavy atom. The molecule has 2 rings (SSSR count). The van der Waals surface area contributed by atoms with Gasteiger partial charge in [0.1, 0.15) is 0 Å². The van der Waals surface area contributed by atoms with Crippen molar-refractivity contribution in [1.82, 2.24) is 5.32 Å². The number of nitrogens with one attached hydrogen (secondary N) is 1. The summed E-state index contributed by atoms with van der Waals surface area (Å²) in [5, 5.41) is 2.64. The fourth-order valence-corrected chi connectivity index (χ4v) is 2.14. The van der Waals surface area contributed by atoms with Crippen LogP contribution in [0.4, 0.5) is 13.2 Å². The Balaban J connectivity index is 2.09. The van der Waals surface area contributed by atoms with Gasteiger partial charge in [0, 0.05) is 6.04 Å². The molecule has 0 radical (unpaired) electrons. The molecular weight excluding hydrogens is 255 g/mol. The summed E-state index contributed by atoms with van der Waals surface area (Å²) in [6, 6.07) is 4.77. The van der Waals surface area contributed by atoms with Crippen molar-refractivity contribution < 1.29 is 18.0 Å². The van der Waals surface area contributed by atoms with Crippen LogP contribution in [0, 0.1) is 5.92 Å². The summed E-state index contributed by atoms with van der Waals surface area (Å²) in [7, 11) is 0. The lowest BCUT2D eigenvalue weighted by molar-refractivity contribution is -0.137. The maximum absolute atomic E-state index is 12.8. The van der Waals surface area contributed by atoms with E-state index in [9.17, 15) is 18.0 Å². The molecule has 5 heteroatoms. The van der Waals surface area contributed by atoms with E-state index < -0.39 is 17.6 Å². The quantitative estimate of drug-likeness (QED) is 0.890. The van der Waals surface area contributed by atoms with Crippen LogP contribution in [-0.2, 0) is 6.18 Å². The highest BCUT2D eigenvalue weighted by Gasteiger charge is 2.35. The van der Waals surface area contributed by atoms with E-state index >= 15 is 0 Å². The number of carbonyl (C=O) groups is 1. The van der Waals surface area contributed by atoms with Crippen LogP contribution in [0.25, 0.3) is 0 Å². The second-order valence-corrected chi connectivity index (χ2v) is 5.10. The van der Waals surface area contributed by atoms with Gasteiger partial charge in [0.2, 0.25) is 0 Å². The van der Waals surface area contributed by atoms with Gasteiger partial charge < -0.3 is 5.32 Å². The molecular formula is C14H16F3NO. The van der Waals surface area contributed by atoms with Crippen molar-refractivity contribution in [2.45, 2.75) is 38.4 Å². The predicted octanol–water partition coefficient (Wildman–Crippen LogP) is 3.62. The zero-order valence-corrected chi connectivity index (χ0v) is 10.6. The Bertz CT molecular complexity index is 466. The Hall–Kier alpha value is -1.52. The maximum atomic E-state index is 12.8. The Morgan fingerprint density at radius 3 is 2.58 bits per heavy atom. The molecule has 1 saturated carbocycles. The smallest absolute Gasteiger partial charge is 0.350 e. The molecule has 1 fully saturated rings. The van der Waals surface area contributed by atoms with Gasteiger partial charge in [0.25, 0.3) is 5.91 Å². The molecule has 2 nitrogen and oxygen atoms in total. The minimum absolute atomic E-state index is 0.0960. The molecule has 0 heterocycles. The summed E-state index contributed by atoms with van der Waals surface area (Å²) in [4.78, 5) is 11.9. The highest BCUT2D eigenvalue weighted by Crippen LogP contribution is 2.34. The highest BCUT2D eigenvalue weighted by atomic mass is 19.4. The molecule has 1 aromatic rings. The van der Waals surface area contributed by atoms with E-state index in [-0.39, 0.29) is 11.6 Å². The lowest BCUT2D eigenvalue weighted by atomic mass is 10.1. The Morgan fingerprint density at radius 1 is 1.37 bits per heavy atom. The molecule has 1 atom stereocenters. The summed E-state index contributed by atoms with van der Waals surface area (Å²) < 4.78 is 38.4. The van der Waals surface area contributed by atoms with Crippen molar-refractivity contribution in [3.63, 3.8) is 0 Å². The van der Waals surface area contributed by atoms with E-state index in [0.29, 0.717) is 5.92 Å². The first kappa shape index (κ1) is 13.9. The average Bonchev–Trinajstić information content (AvgIpc) is 3.11. The van der Waals surface area contributed by atoms with Crippen molar-refractivity contribution in [3.8, 4) is 0 Å². The van der Waals surface area contributed by atoms with Crippen molar-refractivity contribution in [2.75, 3.05) is 0 Å². The van der Waals surface area contributed by atoms with Gasteiger partial charge in [0.05, 0.1) is 11.1 Å². The predicted molar refractivity (Wildman–Crippen MR) is 65.7 cm³/mol. The van der Waals surface area contributed by atoms with Crippen molar-refractivity contribution in [2.24, 2.45) is 5.92 Å². The van der Waals surface area contributed by atoms with E-state index in [0.717, 1.165) is 25.3 Å². The summed E-state index contributed by atoms with van der Waals surface area (Å²) in [6.45, 7) is 1.83. The van der Waals surface area contributed by atoms with Crippen molar-refractivity contribution in [1.29, 1.82) is 0 Å². The molecule has 1 N–H and O–H groups in total. The Labute approximate surface area is 110 Å². The van der Waals surface area contributed by atoms with Crippen molar-refractivity contribution >= 4 is 5.91 Å². The van der Waals surface area contributed by atoms with Gasteiger partial charge in [-0.15, -0.1) is 0 Å². The molecule has 0 aliphatic heterocycles. The van der Waals surface area contributed by atoms with Crippen LogP contribution >= 0.6 is 0 Å². The minimum atomic E-state index is -4.51. The van der Waals surface area contributed by atoms with Crippen LogP contribution in [0.2, 0.25) is 0 Å². The summed E-state index contributed by atoms with van der Waals surface area (Å²) in [5.41, 5.74) is -1.19. The zero-order chi connectivity index (χ0) is 14.0. The molecule has 1 aromatic carbocycles. The van der Waals surface area contributed by atoms with Gasteiger partial charge in [-0.05, 0) is 31.4 Å². The third-order valence-corrected chi connectivity index (χ3v) is 3.24. The molecule has 19 heavy (non-hydrogen) atoms. The van der Waals surface area contributed by atoms with Crippen LogP contribution in [0.3, 0.4) is 0 Å². The number of benzene rings is 1. The number of alkyl halides is 3. The van der Waals surface area contributed by atoms with Crippen LogP contribution in [0.15, 0.2) is 24.3 Å². The minimum Gasteiger partial charge on any atom is -0.350 e. The maximum Gasteiger partial charge on any atom is 0.417 e. The van der Waals surface area contributed by atoms with Gasteiger partial charge in [-0.3, -0.25) is 4.79 Å². The molecule has 1 unspecified atom stereocenters. The zero-order valence-electron chi connectivity index (χ0n) is 10.6. The number of hydrogen-bond donors (Lipinski definition) is 1. The van der Waals surface area contributed by atoms with Gasteiger partial charge in [-0.2, -0.15) is 13.2 Å². The number of amides is 1. The Kier molecular flexibility index (Phi) is 3.83. The van der Waals surface area contributed by atoms with Gasteiger partial charge in [-0.25, -0.2) is 0 Å². The van der Waals surface area contributed by atoms with Gasteiger partial charge in [0.15, 0.2) is 0 Å². The van der Waals surface area contributed by atoms with E-state index in [1.165, 1.54) is 18.2 Å². The summed E-state index contributed by atoms with van der Waals surface area (Å²) in [5.74, 6) is -0.0331. The van der Waals surface area contributed by atoms with E-state index in [2.05, 4.69) is 5.32 Å². The first-order valence-corrected chi connectivity index (χ1v) is 6.35. The molecule has 1 aliphatic rings. The number of carbonyl (C=O) groups excluding carboxylic acids is 1. The first-order valence-electron chi connectivity index (χ1n) is 6.35. The largest absolute Gasteiger partial charge is 0.417 e. The lowest BCUT2D eigenvalue weighted by Gasteiger charge is -2.16. The lowest BCUT2D eigenvalue weighted by Crippen LogP contribution is -2.34. The highest BCUT2D eigenvalue weighted by molar-refractivity contribution is 5.96. The van der Waals surface area contributed by atoms with Crippen LogP contribution in [0.5, 0.6) is 0 Å². The van der Waals surface area contributed by atoms with E-state index in [1.807, 2.05) is 6.92 Å². The van der Waals surface area contributed by atoms with Crippen molar-refractivity contribution in [3.05, 3.63) is 35.4 Å². The molecule has 1 aliphatic carbocycles. The van der Waals surface area contributed by atoms with Gasteiger partial charge >= 0.3 is 6.18 Å². The molecule has 1 amide bonds. The number of rotatable bonds is 4. The number of hydrogen-bond acceptors (Lipinski definition) is 1. The number of halogens is 3. The standard InChI is InChI=1S/C14H16F3NO/c1-9(8-10-6-7-10)18-13(19)11-4-2-3-5-12(11)14(15,16)17/h2-5,9-10H,6-8H2,1H3,(H,18,19). The van der Waals surface area contributed by atoms with Crippen LogP contribution in [-0.4, -0.2) is 11.9 Å². The van der Waals surface area contributed by atoms with Gasteiger partial charge in [-0.1, -0.05) is 25.0 Å². The fraction of sp³-hybridized carbons (Fsp3) is 0.500. The average molecular weight is 271 g/mol. The summed E-state index contributed by atoms with van der Waals surface area (Å²) in [6.07, 6.45) is -1.37. The SMILES string of the molecule is CC(CC1CC1)NC(=O)c1ccccc1C(F)(F)F. The summed E-state index contributed by atoms with van der Waals surface area (Å²) >= 11 is 0. The monoisotopic (exact) mass is 271 g/mol. The third kappa shape index (κ3) is 3.72.